The molecule has 0 fully saturated rings. The highest BCUT2D eigenvalue weighted by molar-refractivity contribution is 8.32. The van der Waals surface area contributed by atoms with Gasteiger partial charge >= 0.3 is 15.6 Å². The number of ketones is 1. The summed E-state index contributed by atoms with van der Waals surface area (Å²) in [6.45, 7) is 4.68. The summed E-state index contributed by atoms with van der Waals surface area (Å²) in [7, 11) is -7.98. The molecule has 0 spiro atoms. The van der Waals surface area contributed by atoms with Crippen LogP contribution >= 0.6 is 10.3 Å². The number of hydrogen-bond acceptors (Lipinski definition) is 3. The molecule has 0 heterocycles. The third-order valence-electron chi connectivity index (χ3n) is 2.45. The summed E-state index contributed by atoms with van der Waals surface area (Å²) >= 11 is 0. The van der Waals surface area contributed by atoms with Crippen LogP contribution < -0.4 is 0 Å². The Morgan fingerprint density at radius 1 is 1.11 bits per heavy atom. The molecule has 0 aromatic rings. The summed E-state index contributed by atoms with van der Waals surface area (Å²) in [5, 5.41) is 0. The summed E-state index contributed by atoms with van der Waals surface area (Å²) < 4.78 is 62.1. The Labute approximate surface area is 107 Å². The fourth-order valence-electron chi connectivity index (χ4n) is 1.19. The van der Waals surface area contributed by atoms with E-state index in [1.807, 2.05) is 0 Å². The lowest BCUT2D eigenvalue weighted by Crippen LogP contribution is -2.33. The SMILES string of the molecule is CCC(=O)CS(CC)(CC)[OH+]S(=O)(=O)C(F)(F)F. The second kappa shape index (κ2) is 6.25. The van der Waals surface area contributed by atoms with Gasteiger partial charge in [-0.15, -0.1) is 8.42 Å². The minimum absolute atomic E-state index is 0.143. The van der Waals surface area contributed by atoms with Gasteiger partial charge in [0, 0.05) is 17.9 Å². The number of halogens is 3. The summed E-state index contributed by atoms with van der Waals surface area (Å²) in [4.78, 5) is 11.4. The molecule has 110 valence electrons. The standard InChI is InChI=1S/C9H17F3O4S2/c1-4-8(13)7-17(5-2,6-3)16-18(14,15)9(10,11)12/h4-7H2,1-3H3/p+1. The highest BCUT2D eigenvalue weighted by Crippen LogP contribution is 2.49. The smallest absolute Gasteiger partial charge is 0.299 e. The number of alkyl halides is 3. The molecule has 0 aliphatic carbocycles. The van der Waals surface area contributed by atoms with Gasteiger partial charge in [-0.2, -0.15) is 13.2 Å². The Morgan fingerprint density at radius 3 is 1.83 bits per heavy atom. The molecule has 0 unspecified atom stereocenters. The topological polar surface area (TPSA) is 64.0 Å². The van der Waals surface area contributed by atoms with Gasteiger partial charge in [0.15, 0.2) is 0 Å². The maximum atomic E-state index is 12.3. The monoisotopic (exact) mass is 311 g/mol. The van der Waals surface area contributed by atoms with Gasteiger partial charge in [-0.05, 0) is 10.3 Å². The number of carbonyl (C=O) groups is 1. The summed E-state index contributed by atoms with van der Waals surface area (Å²) in [6, 6.07) is 0. The Bertz CT molecular complexity index is 385. The predicted molar refractivity (Wildman–Crippen MR) is 66.4 cm³/mol. The van der Waals surface area contributed by atoms with Gasteiger partial charge in [0.1, 0.15) is 5.78 Å². The number of rotatable bonds is 7. The molecular formula is C9H18F3O4S2+. The molecule has 0 aromatic heterocycles. The number of carbonyl (C=O) groups excluding carboxylic acids is 1. The molecule has 0 saturated carbocycles. The summed E-state index contributed by atoms with van der Waals surface area (Å²) in [5.41, 5.74) is -5.40. The number of hydrogen-bond donors (Lipinski definition) is 0. The van der Waals surface area contributed by atoms with Crippen LogP contribution in [0.4, 0.5) is 13.2 Å². The molecule has 0 aliphatic heterocycles. The van der Waals surface area contributed by atoms with Crippen molar-refractivity contribution in [2.45, 2.75) is 32.7 Å². The van der Waals surface area contributed by atoms with Crippen LogP contribution in [0.2, 0.25) is 0 Å². The average Bonchev–Trinajstić information content (AvgIpc) is 2.26. The molecule has 0 radical (unpaired) electrons. The first-order chi connectivity index (χ1) is 8.03. The molecule has 18 heavy (non-hydrogen) atoms. The Kier molecular flexibility index (Phi) is 6.15. The highest BCUT2D eigenvalue weighted by Gasteiger charge is 2.56. The van der Waals surface area contributed by atoms with Gasteiger partial charge in [0.2, 0.25) is 0 Å². The Balaban J connectivity index is 5.22. The van der Waals surface area contributed by atoms with Gasteiger partial charge < -0.3 is 0 Å². The number of Topliss-reactive ketones (excluding diaryl/α,β-unsaturated/α-hetero) is 1. The largest absolute Gasteiger partial charge is 0.572 e. The lowest BCUT2D eigenvalue weighted by atomic mass is 10.4. The molecule has 0 aliphatic rings. The van der Waals surface area contributed by atoms with Crippen molar-refractivity contribution >= 4 is 26.2 Å². The Hall–Kier alpha value is -0.280. The van der Waals surface area contributed by atoms with Crippen LogP contribution in [0.5, 0.6) is 0 Å². The predicted octanol–water partition coefficient (Wildman–Crippen LogP) is 2.67. The lowest BCUT2D eigenvalue weighted by Gasteiger charge is -2.31. The van der Waals surface area contributed by atoms with Crippen LogP contribution in [0.25, 0.3) is 0 Å². The third kappa shape index (κ3) is 4.43. The van der Waals surface area contributed by atoms with Crippen LogP contribution in [0, 0.1) is 0 Å². The maximum absolute atomic E-state index is 12.3. The van der Waals surface area contributed by atoms with Gasteiger partial charge in [0.05, 0.1) is 5.75 Å². The van der Waals surface area contributed by atoms with E-state index in [1.54, 1.807) is 20.8 Å². The van der Waals surface area contributed by atoms with Gasteiger partial charge in [-0.25, -0.2) is 0 Å². The highest BCUT2D eigenvalue weighted by atomic mass is 32.3. The molecule has 0 aromatic carbocycles. The summed E-state index contributed by atoms with van der Waals surface area (Å²) in [5.74, 6) is -0.184. The summed E-state index contributed by atoms with van der Waals surface area (Å²) in [6.07, 6.45) is 0.163. The van der Waals surface area contributed by atoms with Crippen molar-refractivity contribution in [2.75, 3.05) is 17.3 Å². The van der Waals surface area contributed by atoms with Gasteiger partial charge in [0.25, 0.3) is 0 Å². The van der Waals surface area contributed by atoms with Gasteiger partial charge in [-0.1, -0.05) is 20.8 Å². The van der Waals surface area contributed by atoms with E-state index in [4.69, 9.17) is 0 Å². The van der Waals surface area contributed by atoms with Crippen molar-refractivity contribution in [2.24, 2.45) is 0 Å². The molecule has 0 atom stereocenters. The van der Waals surface area contributed by atoms with E-state index in [0.717, 1.165) is 0 Å². The van der Waals surface area contributed by atoms with E-state index in [0.29, 0.717) is 0 Å². The minimum Gasteiger partial charge on any atom is -0.299 e. The van der Waals surface area contributed by atoms with Crippen molar-refractivity contribution in [1.82, 2.24) is 0 Å². The van der Waals surface area contributed by atoms with Crippen LogP contribution in [0.15, 0.2) is 0 Å². The molecule has 0 bridgehead atoms. The van der Waals surface area contributed by atoms with Crippen molar-refractivity contribution in [3.63, 3.8) is 0 Å². The molecule has 0 rings (SSSR count). The molecular weight excluding hydrogens is 293 g/mol. The zero-order chi connectivity index (χ0) is 14.6. The van der Waals surface area contributed by atoms with Crippen molar-refractivity contribution in [3.8, 4) is 0 Å². The van der Waals surface area contributed by atoms with Crippen molar-refractivity contribution in [3.05, 3.63) is 0 Å². The Morgan fingerprint density at radius 2 is 1.56 bits per heavy atom. The van der Waals surface area contributed by atoms with E-state index < -0.39 is 25.9 Å². The zero-order valence-corrected chi connectivity index (χ0v) is 12.1. The van der Waals surface area contributed by atoms with Crippen molar-refractivity contribution < 1.29 is 30.0 Å². The molecule has 0 saturated heterocycles. The molecule has 1 N–H and O–H groups in total. The second-order valence-electron chi connectivity index (χ2n) is 3.61. The van der Waals surface area contributed by atoms with E-state index in [-0.39, 0.29) is 29.5 Å². The fourth-order valence-corrected chi connectivity index (χ4v) is 5.87. The van der Waals surface area contributed by atoms with E-state index in [9.17, 15) is 26.4 Å². The van der Waals surface area contributed by atoms with E-state index in [1.165, 1.54) is 0 Å². The van der Waals surface area contributed by atoms with Crippen LogP contribution in [-0.2, 0) is 14.9 Å². The maximum Gasteiger partial charge on any atom is 0.572 e. The van der Waals surface area contributed by atoms with Gasteiger partial charge in [-0.3, -0.25) is 8.42 Å². The van der Waals surface area contributed by atoms with Crippen LogP contribution in [0.1, 0.15) is 27.2 Å². The van der Waals surface area contributed by atoms with Crippen molar-refractivity contribution in [1.29, 1.82) is 0 Å². The van der Waals surface area contributed by atoms with Crippen LogP contribution in [-0.4, -0.2) is 40.6 Å². The van der Waals surface area contributed by atoms with E-state index >= 15 is 0 Å². The first-order valence-electron chi connectivity index (χ1n) is 5.37. The van der Waals surface area contributed by atoms with Crippen LogP contribution in [0.3, 0.4) is 0 Å². The molecule has 9 heteroatoms. The fraction of sp³-hybridized carbons (Fsp3) is 0.889. The second-order valence-corrected chi connectivity index (χ2v) is 9.06. The first-order valence-corrected chi connectivity index (χ1v) is 8.91. The third-order valence-corrected chi connectivity index (χ3v) is 8.09. The zero-order valence-electron chi connectivity index (χ0n) is 10.5. The lowest BCUT2D eigenvalue weighted by molar-refractivity contribution is -0.116. The quantitative estimate of drug-likeness (QED) is 0.412. The molecule has 4 nitrogen and oxygen atoms in total. The normalized spacial score (nSPS) is 14.6. The first kappa shape index (κ1) is 17.7. The molecule has 0 amide bonds. The minimum atomic E-state index is -5.52. The van der Waals surface area contributed by atoms with E-state index in [2.05, 4.69) is 3.63 Å². The average molecular weight is 311 g/mol.